The minimum absolute atomic E-state index is 0.103. The first-order chi connectivity index (χ1) is 13.2. The van der Waals surface area contributed by atoms with Gasteiger partial charge in [-0.25, -0.2) is 4.39 Å². The standard InChI is InChI=1S/C25H26FN/c1-2-17-3-5-18(6-4-17)19-7-8-21-14-22(10-9-20(21)13-19)23-11-12-24(16-27)25(26)15-23/h2,9-12,14-15,17-19H,1,3-8,13H2. The minimum Gasteiger partial charge on any atom is -0.206 e. The maximum absolute atomic E-state index is 14.0. The number of benzene rings is 2. The van der Waals surface area contributed by atoms with Crippen LogP contribution < -0.4 is 0 Å². The highest BCUT2D eigenvalue weighted by molar-refractivity contribution is 5.66. The molecule has 2 heteroatoms. The molecule has 2 aromatic rings. The van der Waals surface area contributed by atoms with Gasteiger partial charge >= 0.3 is 0 Å². The summed E-state index contributed by atoms with van der Waals surface area (Å²) in [6, 6.07) is 13.3. The number of nitriles is 1. The van der Waals surface area contributed by atoms with Gasteiger partial charge in [-0.3, -0.25) is 0 Å². The minimum atomic E-state index is -0.442. The van der Waals surface area contributed by atoms with E-state index in [0.717, 1.165) is 35.3 Å². The number of fused-ring (bicyclic) bond motifs is 1. The molecule has 1 unspecified atom stereocenters. The highest BCUT2D eigenvalue weighted by atomic mass is 19.1. The first kappa shape index (κ1) is 18.0. The maximum Gasteiger partial charge on any atom is 0.141 e. The average molecular weight is 359 g/mol. The Morgan fingerprint density at radius 2 is 1.67 bits per heavy atom. The van der Waals surface area contributed by atoms with Crippen LogP contribution in [0.15, 0.2) is 49.1 Å². The van der Waals surface area contributed by atoms with Gasteiger partial charge in [-0.1, -0.05) is 30.3 Å². The Hall–Kier alpha value is -2.40. The summed E-state index contributed by atoms with van der Waals surface area (Å²) in [5.41, 5.74) is 4.87. The third-order valence-electron chi connectivity index (χ3n) is 6.71. The van der Waals surface area contributed by atoms with E-state index in [1.807, 2.05) is 12.1 Å². The molecule has 27 heavy (non-hydrogen) atoms. The van der Waals surface area contributed by atoms with E-state index in [2.05, 4.69) is 30.9 Å². The summed E-state index contributed by atoms with van der Waals surface area (Å²) >= 11 is 0. The second-order valence-corrected chi connectivity index (χ2v) is 8.20. The van der Waals surface area contributed by atoms with Gasteiger partial charge in [0.05, 0.1) is 5.56 Å². The number of rotatable bonds is 3. The molecule has 0 amide bonds. The van der Waals surface area contributed by atoms with E-state index in [0.29, 0.717) is 0 Å². The van der Waals surface area contributed by atoms with Crippen LogP contribution in [0.3, 0.4) is 0 Å². The van der Waals surface area contributed by atoms with E-state index < -0.39 is 5.82 Å². The van der Waals surface area contributed by atoms with Crippen LogP contribution in [-0.2, 0) is 12.8 Å². The maximum atomic E-state index is 14.0. The van der Waals surface area contributed by atoms with Crippen molar-refractivity contribution in [1.82, 2.24) is 0 Å². The molecule has 0 saturated heterocycles. The first-order valence-corrected chi connectivity index (χ1v) is 10.1. The normalized spacial score (nSPS) is 24.7. The number of aryl methyl sites for hydroxylation is 1. The van der Waals surface area contributed by atoms with Gasteiger partial charge in [0.2, 0.25) is 0 Å². The quantitative estimate of drug-likeness (QED) is 0.577. The number of halogens is 1. The fraction of sp³-hybridized carbons (Fsp3) is 0.400. The molecule has 0 aromatic heterocycles. The van der Waals surface area contributed by atoms with Crippen molar-refractivity contribution in [2.24, 2.45) is 17.8 Å². The van der Waals surface area contributed by atoms with E-state index in [1.54, 1.807) is 6.07 Å². The van der Waals surface area contributed by atoms with Crippen LogP contribution in [0.5, 0.6) is 0 Å². The van der Waals surface area contributed by atoms with E-state index in [1.165, 1.54) is 55.7 Å². The molecule has 2 aliphatic rings. The van der Waals surface area contributed by atoms with Crippen LogP contribution in [-0.4, -0.2) is 0 Å². The van der Waals surface area contributed by atoms with Gasteiger partial charge in [0, 0.05) is 0 Å². The van der Waals surface area contributed by atoms with Crippen molar-refractivity contribution < 1.29 is 4.39 Å². The van der Waals surface area contributed by atoms with Crippen molar-refractivity contribution >= 4 is 0 Å². The Labute approximate surface area is 161 Å². The summed E-state index contributed by atoms with van der Waals surface area (Å²) in [5, 5.41) is 8.90. The highest BCUT2D eigenvalue weighted by Crippen LogP contribution is 2.40. The second-order valence-electron chi connectivity index (χ2n) is 8.20. The molecule has 0 heterocycles. The van der Waals surface area contributed by atoms with Gasteiger partial charge in [-0.2, -0.15) is 5.26 Å². The molecule has 2 aliphatic carbocycles. The Kier molecular flexibility index (Phi) is 5.12. The van der Waals surface area contributed by atoms with Gasteiger partial charge in [-0.05, 0) is 97.1 Å². The fourth-order valence-electron chi connectivity index (χ4n) is 5.00. The van der Waals surface area contributed by atoms with Crippen LogP contribution >= 0.6 is 0 Å². The van der Waals surface area contributed by atoms with Crippen molar-refractivity contribution in [2.75, 3.05) is 0 Å². The number of hydrogen-bond acceptors (Lipinski definition) is 1. The van der Waals surface area contributed by atoms with E-state index in [-0.39, 0.29) is 5.56 Å². The largest absolute Gasteiger partial charge is 0.206 e. The summed E-state index contributed by atoms with van der Waals surface area (Å²) in [7, 11) is 0. The smallest absolute Gasteiger partial charge is 0.141 e. The molecule has 0 N–H and O–H groups in total. The molecule has 0 bridgehead atoms. The summed E-state index contributed by atoms with van der Waals surface area (Å²) in [6.07, 6.45) is 11.0. The van der Waals surface area contributed by atoms with E-state index in [4.69, 9.17) is 5.26 Å². The lowest BCUT2D eigenvalue weighted by Gasteiger charge is -2.36. The molecular formula is C25H26FN. The van der Waals surface area contributed by atoms with Crippen molar-refractivity contribution in [3.63, 3.8) is 0 Å². The zero-order valence-electron chi connectivity index (χ0n) is 15.8. The third kappa shape index (κ3) is 3.69. The van der Waals surface area contributed by atoms with Crippen LogP contribution in [0.1, 0.15) is 48.8 Å². The monoisotopic (exact) mass is 359 g/mol. The highest BCUT2D eigenvalue weighted by Gasteiger charge is 2.29. The first-order valence-electron chi connectivity index (χ1n) is 10.1. The lowest BCUT2D eigenvalue weighted by Crippen LogP contribution is -2.26. The Balaban J connectivity index is 1.49. The molecule has 1 saturated carbocycles. The van der Waals surface area contributed by atoms with E-state index in [9.17, 15) is 4.39 Å². The fourth-order valence-corrected chi connectivity index (χ4v) is 5.00. The van der Waals surface area contributed by atoms with Crippen molar-refractivity contribution in [1.29, 1.82) is 5.26 Å². The zero-order chi connectivity index (χ0) is 18.8. The van der Waals surface area contributed by atoms with Gasteiger partial charge in [-0.15, -0.1) is 6.58 Å². The molecule has 1 fully saturated rings. The van der Waals surface area contributed by atoms with Gasteiger partial charge in [0.15, 0.2) is 0 Å². The van der Waals surface area contributed by atoms with Crippen LogP contribution in [0.25, 0.3) is 11.1 Å². The molecule has 138 valence electrons. The SMILES string of the molecule is C=CC1CCC(C2CCc3cc(-c4ccc(C#N)c(F)c4)ccc3C2)CC1. The summed E-state index contributed by atoms with van der Waals surface area (Å²) in [4.78, 5) is 0. The lowest BCUT2D eigenvalue weighted by molar-refractivity contribution is 0.206. The Bertz CT molecular complexity index is 884. The number of allylic oxidation sites excluding steroid dienone is 1. The van der Waals surface area contributed by atoms with Gasteiger partial charge in [0.25, 0.3) is 0 Å². The number of nitrogens with zero attached hydrogens (tertiary/aromatic N) is 1. The molecule has 1 nitrogen and oxygen atoms in total. The van der Waals surface area contributed by atoms with Gasteiger partial charge in [0.1, 0.15) is 11.9 Å². The summed E-state index contributed by atoms with van der Waals surface area (Å²) in [6.45, 7) is 3.96. The molecule has 0 aliphatic heterocycles. The lowest BCUT2D eigenvalue weighted by atomic mass is 9.69. The molecule has 0 spiro atoms. The molecule has 4 rings (SSSR count). The molecule has 2 aromatic carbocycles. The van der Waals surface area contributed by atoms with Gasteiger partial charge < -0.3 is 0 Å². The Morgan fingerprint density at radius 1 is 0.926 bits per heavy atom. The number of hydrogen-bond donors (Lipinski definition) is 0. The molecular weight excluding hydrogens is 333 g/mol. The van der Waals surface area contributed by atoms with Crippen LogP contribution in [0.4, 0.5) is 4.39 Å². The third-order valence-corrected chi connectivity index (χ3v) is 6.71. The van der Waals surface area contributed by atoms with Crippen molar-refractivity contribution in [3.8, 4) is 17.2 Å². The average Bonchev–Trinajstić information content (AvgIpc) is 2.73. The Morgan fingerprint density at radius 3 is 2.37 bits per heavy atom. The summed E-state index contributed by atoms with van der Waals surface area (Å²) < 4.78 is 14.0. The van der Waals surface area contributed by atoms with Crippen molar-refractivity contribution in [3.05, 3.63) is 71.6 Å². The van der Waals surface area contributed by atoms with Crippen LogP contribution in [0, 0.1) is 34.9 Å². The molecule has 0 radical (unpaired) electrons. The topological polar surface area (TPSA) is 23.8 Å². The van der Waals surface area contributed by atoms with Crippen molar-refractivity contribution in [2.45, 2.75) is 44.9 Å². The predicted molar refractivity (Wildman–Crippen MR) is 108 cm³/mol. The summed E-state index contributed by atoms with van der Waals surface area (Å²) in [5.74, 6) is 1.96. The predicted octanol–water partition coefficient (Wildman–Crippen LogP) is 6.46. The zero-order valence-corrected chi connectivity index (χ0v) is 15.8. The second kappa shape index (κ2) is 7.69. The van der Waals surface area contributed by atoms with E-state index >= 15 is 0 Å². The van der Waals surface area contributed by atoms with Crippen LogP contribution in [0.2, 0.25) is 0 Å². The molecule has 1 atom stereocenters.